The number of likely N-dealkylation sites (tertiary alicyclic amines) is 1. The predicted octanol–water partition coefficient (Wildman–Crippen LogP) is 2.30. The molecule has 5 nitrogen and oxygen atoms in total. The van der Waals surface area contributed by atoms with Crippen LogP contribution >= 0.6 is 0 Å². The van der Waals surface area contributed by atoms with Crippen LogP contribution in [0.3, 0.4) is 0 Å². The van der Waals surface area contributed by atoms with E-state index in [9.17, 15) is 4.79 Å². The molecular weight excluding hydrogens is 278 g/mol. The lowest BCUT2D eigenvalue weighted by molar-refractivity contribution is -0.125. The van der Waals surface area contributed by atoms with Crippen LogP contribution in [0.4, 0.5) is 0 Å². The highest BCUT2D eigenvalue weighted by molar-refractivity contribution is 5.78. The number of aromatic nitrogens is 1. The molecule has 0 atom stereocenters. The third-order valence-corrected chi connectivity index (χ3v) is 4.16. The minimum atomic E-state index is 0.151. The Morgan fingerprint density at radius 3 is 2.73 bits per heavy atom. The molecule has 116 valence electrons. The summed E-state index contributed by atoms with van der Waals surface area (Å²) in [5, 5.41) is 2.74. The molecule has 1 amide bonds. The Kier molecular flexibility index (Phi) is 4.53. The number of amides is 1. The Morgan fingerprint density at radius 2 is 2.05 bits per heavy atom. The van der Waals surface area contributed by atoms with Crippen molar-refractivity contribution in [3.05, 3.63) is 42.3 Å². The van der Waals surface area contributed by atoms with E-state index in [2.05, 4.69) is 15.2 Å². The summed E-state index contributed by atoms with van der Waals surface area (Å²) in [6.07, 6.45) is 3.54. The smallest absolute Gasteiger partial charge is 0.226 e. The minimum Gasteiger partial charge on any atom is -0.444 e. The van der Waals surface area contributed by atoms with Crippen molar-refractivity contribution in [2.75, 3.05) is 20.1 Å². The highest BCUT2D eigenvalue weighted by Gasteiger charge is 2.24. The van der Waals surface area contributed by atoms with Crippen molar-refractivity contribution in [2.45, 2.75) is 19.4 Å². The molecule has 1 N–H and O–H groups in total. The molecule has 1 aliphatic rings. The zero-order valence-corrected chi connectivity index (χ0v) is 12.8. The Balaban J connectivity index is 1.57. The van der Waals surface area contributed by atoms with Crippen LogP contribution in [0.1, 0.15) is 18.5 Å². The van der Waals surface area contributed by atoms with E-state index in [0.717, 1.165) is 43.7 Å². The van der Waals surface area contributed by atoms with E-state index in [1.165, 1.54) is 0 Å². The van der Waals surface area contributed by atoms with Crippen LogP contribution in [0.15, 0.2) is 41.0 Å². The van der Waals surface area contributed by atoms with Gasteiger partial charge >= 0.3 is 0 Å². The van der Waals surface area contributed by atoms with Gasteiger partial charge in [-0.3, -0.25) is 9.69 Å². The fourth-order valence-corrected chi connectivity index (χ4v) is 2.88. The first-order valence-corrected chi connectivity index (χ1v) is 7.70. The summed E-state index contributed by atoms with van der Waals surface area (Å²) in [6, 6.07) is 9.91. The van der Waals surface area contributed by atoms with Crippen LogP contribution in [0.5, 0.6) is 0 Å². The number of carbonyl (C=O) groups excluding carboxylic acids is 1. The number of oxazole rings is 1. The van der Waals surface area contributed by atoms with E-state index in [1.807, 2.05) is 30.3 Å². The largest absolute Gasteiger partial charge is 0.444 e. The monoisotopic (exact) mass is 299 g/mol. The number of hydrogen-bond donors (Lipinski definition) is 1. The van der Waals surface area contributed by atoms with Crippen molar-refractivity contribution in [3.8, 4) is 11.5 Å². The molecule has 0 aliphatic carbocycles. The summed E-state index contributed by atoms with van der Waals surface area (Å²) < 4.78 is 5.57. The molecule has 1 aromatic carbocycles. The average Bonchev–Trinajstić information content (AvgIpc) is 3.04. The number of rotatable bonds is 4. The van der Waals surface area contributed by atoms with Gasteiger partial charge in [0, 0.05) is 25.1 Å². The van der Waals surface area contributed by atoms with E-state index in [4.69, 9.17) is 4.42 Å². The molecule has 0 unspecified atom stereocenters. The number of nitrogens with one attached hydrogen (secondary N) is 1. The maximum absolute atomic E-state index is 11.6. The summed E-state index contributed by atoms with van der Waals surface area (Å²) in [7, 11) is 1.70. The van der Waals surface area contributed by atoms with Crippen LogP contribution in [-0.4, -0.2) is 35.9 Å². The Hall–Kier alpha value is -2.14. The second kappa shape index (κ2) is 6.75. The van der Waals surface area contributed by atoms with Gasteiger partial charge in [-0.15, -0.1) is 0 Å². The van der Waals surface area contributed by atoms with Crippen LogP contribution in [0, 0.1) is 5.92 Å². The van der Waals surface area contributed by atoms with Gasteiger partial charge in [0.2, 0.25) is 11.8 Å². The van der Waals surface area contributed by atoms with E-state index in [1.54, 1.807) is 13.3 Å². The molecule has 1 aliphatic heterocycles. The normalized spacial score (nSPS) is 16.6. The Labute approximate surface area is 130 Å². The van der Waals surface area contributed by atoms with E-state index in [0.29, 0.717) is 5.89 Å². The molecule has 0 radical (unpaired) electrons. The highest BCUT2D eigenvalue weighted by Crippen LogP contribution is 2.21. The van der Waals surface area contributed by atoms with Gasteiger partial charge in [-0.05, 0) is 38.1 Å². The molecule has 2 aromatic rings. The van der Waals surface area contributed by atoms with Crippen LogP contribution in [0.2, 0.25) is 0 Å². The second-order valence-electron chi connectivity index (χ2n) is 5.67. The first kappa shape index (κ1) is 14.8. The first-order valence-electron chi connectivity index (χ1n) is 7.70. The molecule has 3 rings (SSSR count). The minimum absolute atomic E-state index is 0.151. The summed E-state index contributed by atoms with van der Waals surface area (Å²) in [4.78, 5) is 18.5. The first-order chi connectivity index (χ1) is 10.8. The number of nitrogens with zero attached hydrogens (tertiary/aromatic N) is 2. The van der Waals surface area contributed by atoms with Gasteiger partial charge in [0.25, 0.3) is 0 Å². The van der Waals surface area contributed by atoms with Crippen molar-refractivity contribution in [3.63, 3.8) is 0 Å². The number of hydrogen-bond acceptors (Lipinski definition) is 4. The summed E-state index contributed by atoms with van der Waals surface area (Å²) in [5.41, 5.74) is 1.93. The molecule has 1 fully saturated rings. The average molecular weight is 299 g/mol. The quantitative estimate of drug-likeness (QED) is 0.941. The molecule has 1 saturated heterocycles. The van der Waals surface area contributed by atoms with Crippen molar-refractivity contribution in [1.82, 2.24) is 15.2 Å². The maximum Gasteiger partial charge on any atom is 0.226 e. The SMILES string of the molecule is CNC(=O)C1CCN(Cc2coc(-c3ccccc3)n2)CC1. The van der Waals surface area contributed by atoms with Crippen LogP contribution in [-0.2, 0) is 11.3 Å². The third-order valence-electron chi connectivity index (χ3n) is 4.16. The van der Waals surface area contributed by atoms with Crippen molar-refractivity contribution < 1.29 is 9.21 Å². The standard InChI is InChI=1S/C17H21N3O2/c1-18-16(21)13-7-9-20(10-8-13)11-15-12-22-17(19-15)14-5-3-2-4-6-14/h2-6,12-13H,7-11H2,1H3,(H,18,21). The van der Waals surface area contributed by atoms with Gasteiger partial charge in [0.05, 0.1) is 5.69 Å². The summed E-state index contributed by atoms with van der Waals surface area (Å²) in [5.74, 6) is 0.974. The predicted molar refractivity (Wildman–Crippen MR) is 84.0 cm³/mol. The second-order valence-corrected chi connectivity index (χ2v) is 5.67. The van der Waals surface area contributed by atoms with E-state index in [-0.39, 0.29) is 11.8 Å². The number of carbonyl (C=O) groups is 1. The van der Waals surface area contributed by atoms with Gasteiger partial charge in [-0.1, -0.05) is 18.2 Å². The molecule has 0 bridgehead atoms. The summed E-state index contributed by atoms with van der Waals surface area (Å²) >= 11 is 0. The lowest BCUT2D eigenvalue weighted by Gasteiger charge is -2.30. The molecule has 1 aromatic heterocycles. The highest BCUT2D eigenvalue weighted by atomic mass is 16.3. The van der Waals surface area contributed by atoms with Gasteiger partial charge in [0.1, 0.15) is 6.26 Å². The number of piperidine rings is 1. The zero-order valence-electron chi connectivity index (χ0n) is 12.8. The fraction of sp³-hybridized carbons (Fsp3) is 0.412. The fourth-order valence-electron chi connectivity index (χ4n) is 2.88. The van der Waals surface area contributed by atoms with E-state index < -0.39 is 0 Å². The van der Waals surface area contributed by atoms with E-state index >= 15 is 0 Å². The maximum atomic E-state index is 11.6. The molecule has 2 heterocycles. The lowest BCUT2D eigenvalue weighted by atomic mass is 9.96. The third kappa shape index (κ3) is 3.36. The van der Waals surface area contributed by atoms with Crippen LogP contribution in [0.25, 0.3) is 11.5 Å². The van der Waals surface area contributed by atoms with Gasteiger partial charge in [-0.25, -0.2) is 4.98 Å². The number of benzene rings is 1. The zero-order chi connectivity index (χ0) is 15.4. The molecule has 0 spiro atoms. The Morgan fingerprint density at radius 1 is 1.32 bits per heavy atom. The van der Waals surface area contributed by atoms with Gasteiger partial charge in [-0.2, -0.15) is 0 Å². The Bertz CT molecular complexity index is 616. The molecule has 5 heteroatoms. The summed E-state index contributed by atoms with van der Waals surface area (Å²) in [6.45, 7) is 2.62. The topological polar surface area (TPSA) is 58.4 Å². The van der Waals surface area contributed by atoms with Gasteiger partial charge in [0.15, 0.2) is 0 Å². The molecule has 22 heavy (non-hydrogen) atoms. The van der Waals surface area contributed by atoms with Crippen molar-refractivity contribution >= 4 is 5.91 Å². The van der Waals surface area contributed by atoms with Crippen LogP contribution < -0.4 is 5.32 Å². The van der Waals surface area contributed by atoms with Gasteiger partial charge < -0.3 is 9.73 Å². The van der Waals surface area contributed by atoms with Crippen molar-refractivity contribution in [2.24, 2.45) is 5.92 Å². The van der Waals surface area contributed by atoms with Crippen molar-refractivity contribution in [1.29, 1.82) is 0 Å². The lowest BCUT2D eigenvalue weighted by Crippen LogP contribution is -2.39. The molecular formula is C17H21N3O2. The molecule has 0 saturated carbocycles.